The van der Waals surface area contributed by atoms with Crippen molar-refractivity contribution in [2.24, 2.45) is 0 Å². The Labute approximate surface area is 113 Å². The summed E-state index contributed by atoms with van der Waals surface area (Å²) in [5.74, 6) is 1.88. The Balaban J connectivity index is 2.01. The van der Waals surface area contributed by atoms with E-state index in [0.717, 1.165) is 17.1 Å². The maximum atomic E-state index is 5.91. The predicted octanol–water partition coefficient (Wildman–Crippen LogP) is 4.38. The van der Waals surface area contributed by atoms with Crippen molar-refractivity contribution in [2.45, 2.75) is 13.0 Å². The fourth-order valence-electron chi connectivity index (χ4n) is 2.23. The van der Waals surface area contributed by atoms with Gasteiger partial charge in [0.2, 0.25) is 0 Å². The highest BCUT2D eigenvalue weighted by atomic mass is 16.3. The number of benzene rings is 2. The first kappa shape index (κ1) is 12.0. The van der Waals surface area contributed by atoms with Crippen LogP contribution in [0.1, 0.15) is 18.7 Å². The molecule has 1 N–H and O–H groups in total. The summed E-state index contributed by atoms with van der Waals surface area (Å²) in [7, 11) is 1.93. The molecule has 96 valence electrons. The van der Waals surface area contributed by atoms with E-state index in [1.165, 1.54) is 10.8 Å². The zero-order valence-electron chi connectivity index (χ0n) is 11.2. The molecule has 2 heteroatoms. The Kier molecular flexibility index (Phi) is 3.10. The molecule has 1 heterocycles. The van der Waals surface area contributed by atoms with E-state index in [1.54, 1.807) is 0 Å². The summed E-state index contributed by atoms with van der Waals surface area (Å²) in [5, 5.41) is 5.67. The molecule has 1 atom stereocenters. The van der Waals surface area contributed by atoms with E-state index in [1.807, 2.05) is 19.2 Å². The number of hydrogen-bond acceptors (Lipinski definition) is 2. The van der Waals surface area contributed by atoms with Gasteiger partial charge in [-0.15, -0.1) is 0 Å². The summed E-state index contributed by atoms with van der Waals surface area (Å²) in [4.78, 5) is 0. The van der Waals surface area contributed by atoms with Crippen molar-refractivity contribution in [3.05, 3.63) is 60.4 Å². The zero-order valence-corrected chi connectivity index (χ0v) is 11.2. The molecular formula is C17H17NO. The number of nitrogens with one attached hydrogen (secondary N) is 1. The van der Waals surface area contributed by atoms with Gasteiger partial charge in [-0.25, -0.2) is 0 Å². The summed E-state index contributed by atoms with van der Waals surface area (Å²) < 4.78 is 5.91. The van der Waals surface area contributed by atoms with Gasteiger partial charge in [-0.1, -0.05) is 36.4 Å². The van der Waals surface area contributed by atoms with Gasteiger partial charge in [-0.3, -0.25) is 0 Å². The highest BCUT2D eigenvalue weighted by Gasteiger charge is 2.09. The summed E-state index contributed by atoms with van der Waals surface area (Å²) in [5.41, 5.74) is 1.12. The fraction of sp³-hybridized carbons (Fsp3) is 0.176. The van der Waals surface area contributed by atoms with Crippen molar-refractivity contribution in [3.63, 3.8) is 0 Å². The molecule has 1 unspecified atom stereocenters. The minimum atomic E-state index is 0.231. The van der Waals surface area contributed by atoms with Crippen LogP contribution >= 0.6 is 0 Å². The topological polar surface area (TPSA) is 25.2 Å². The Morgan fingerprint density at radius 3 is 2.53 bits per heavy atom. The molecule has 0 saturated heterocycles. The van der Waals surface area contributed by atoms with E-state index >= 15 is 0 Å². The molecule has 0 fully saturated rings. The van der Waals surface area contributed by atoms with Crippen LogP contribution in [0.4, 0.5) is 0 Å². The van der Waals surface area contributed by atoms with Crippen LogP contribution in [0.3, 0.4) is 0 Å². The lowest BCUT2D eigenvalue weighted by atomic mass is 10.1. The van der Waals surface area contributed by atoms with Crippen LogP contribution in [0.15, 0.2) is 59.0 Å². The van der Waals surface area contributed by atoms with Gasteiger partial charge < -0.3 is 9.73 Å². The molecule has 0 spiro atoms. The van der Waals surface area contributed by atoms with Crippen LogP contribution in [0.2, 0.25) is 0 Å². The quantitative estimate of drug-likeness (QED) is 0.747. The van der Waals surface area contributed by atoms with Crippen LogP contribution in [0.5, 0.6) is 0 Å². The van der Waals surface area contributed by atoms with Gasteiger partial charge in [-0.05, 0) is 42.9 Å². The van der Waals surface area contributed by atoms with Crippen molar-refractivity contribution in [3.8, 4) is 11.3 Å². The van der Waals surface area contributed by atoms with E-state index in [9.17, 15) is 0 Å². The molecule has 2 aromatic carbocycles. The molecular weight excluding hydrogens is 234 g/mol. The summed E-state index contributed by atoms with van der Waals surface area (Å²) in [6, 6.07) is 19.1. The van der Waals surface area contributed by atoms with Crippen molar-refractivity contribution < 1.29 is 4.42 Å². The highest BCUT2D eigenvalue weighted by Crippen LogP contribution is 2.27. The lowest BCUT2D eigenvalue weighted by Gasteiger charge is -2.06. The van der Waals surface area contributed by atoms with Gasteiger partial charge in [0.1, 0.15) is 11.5 Å². The Morgan fingerprint density at radius 2 is 1.74 bits per heavy atom. The standard InChI is InChI=1S/C17H17NO/c1-12(18-2)16-9-10-17(19-16)15-8-7-13-5-3-4-6-14(13)11-15/h3-12,18H,1-2H3. The fourth-order valence-corrected chi connectivity index (χ4v) is 2.23. The Morgan fingerprint density at radius 1 is 0.947 bits per heavy atom. The first-order valence-corrected chi connectivity index (χ1v) is 6.54. The van der Waals surface area contributed by atoms with Gasteiger partial charge in [0.25, 0.3) is 0 Å². The van der Waals surface area contributed by atoms with Crippen LogP contribution < -0.4 is 5.32 Å². The lowest BCUT2D eigenvalue weighted by Crippen LogP contribution is -2.10. The zero-order chi connectivity index (χ0) is 13.2. The van der Waals surface area contributed by atoms with Crippen molar-refractivity contribution in [2.75, 3.05) is 7.05 Å². The first-order valence-electron chi connectivity index (χ1n) is 6.54. The molecule has 0 bridgehead atoms. The van der Waals surface area contributed by atoms with E-state index in [4.69, 9.17) is 4.42 Å². The normalized spacial score (nSPS) is 12.7. The smallest absolute Gasteiger partial charge is 0.134 e. The molecule has 19 heavy (non-hydrogen) atoms. The minimum Gasteiger partial charge on any atom is -0.459 e. The largest absolute Gasteiger partial charge is 0.459 e. The summed E-state index contributed by atoms with van der Waals surface area (Å²) in [6.07, 6.45) is 0. The van der Waals surface area contributed by atoms with E-state index < -0.39 is 0 Å². The van der Waals surface area contributed by atoms with Gasteiger partial charge in [0.05, 0.1) is 6.04 Å². The highest BCUT2D eigenvalue weighted by molar-refractivity contribution is 5.86. The second-order valence-electron chi connectivity index (χ2n) is 4.77. The SMILES string of the molecule is CNC(C)c1ccc(-c2ccc3ccccc3c2)o1. The van der Waals surface area contributed by atoms with E-state index in [2.05, 4.69) is 54.7 Å². The number of furan rings is 1. The van der Waals surface area contributed by atoms with Crippen LogP contribution in [-0.2, 0) is 0 Å². The van der Waals surface area contributed by atoms with Crippen LogP contribution in [0, 0.1) is 0 Å². The molecule has 3 rings (SSSR count). The predicted molar refractivity (Wildman–Crippen MR) is 79.1 cm³/mol. The molecule has 0 aliphatic carbocycles. The maximum Gasteiger partial charge on any atom is 0.134 e. The first-order chi connectivity index (χ1) is 9.28. The minimum absolute atomic E-state index is 0.231. The monoisotopic (exact) mass is 251 g/mol. The molecule has 0 aliphatic rings. The molecule has 0 amide bonds. The van der Waals surface area contributed by atoms with Gasteiger partial charge in [0, 0.05) is 5.56 Å². The Hall–Kier alpha value is -2.06. The van der Waals surface area contributed by atoms with E-state index in [-0.39, 0.29) is 6.04 Å². The molecule has 1 aromatic heterocycles. The Bertz CT molecular complexity index is 699. The van der Waals surface area contributed by atoms with Crippen molar-refractivity contribution >= 4 is 10.8 Å². The molecule has 0 radical (unpaired) electrons. The van der Waals surface area contributed by atoms with Gasteiger partial charge in [-0.2, -0.15) is 0 Å². The number of rotatable bonds is 3. The summed E-state index contributed by atoms with van der Waals surface area (Å²) in [6.45, 7) is 2.09. The molecule has 3 aromatic rings. The van der Waals surface area contributed by atoms with E-state index in [0.29, 0.717) is 0 Å². The van der Waals surface area contributed by atoms with Crippen LogP contribution in [-0.4, -0.2) is 7.05 Å². The third kappa shape index (κ3) is 2.27. The third-order valence-electron chi connectivity index (χ3n) is 3.52. The average Bonchev–Trinajstić information content (AvgIpc) is 2.95. The van der Waals surface area contributed by atoms with Gasteiger partial charge >= 0.3 is 0 Å². The van der Waals surface area contributed by atoms with Crippen molar-refractivity contribution in [1.29, 1.82) is 0 Å². The summed E-state index contributed by atoms with van der Waals surface area (Å²) >= 11 is 0. The van der Waals surface area contributed by atoms with Crippen LogP contribution in [0.25, 0.3) is 22.1 Å². The average molecular weight is 251 g/mol. The molecule has 0 saturated carbocycles. The molecule has 2 nitrogen and oxygen atoms in total. The second kappa shape index (κ2) is 4.90. The number of fused-ring (bicyclic) bond motifs is 1. The maximum absolute atomic E-state index is 5.91. The molecule has 0 aliphatic heterocycles. The van der Waals surface area contributed by atoms with Gasteiger partial charge in [0.15, 0.2) is 0 Å². The second-order valence-corrected chi connectivity index (χ2v) is 4.77. The van der Waals surface area contributed by atoms with Crippen molar-refractivity contribution in [1.82, 2.24) is 5.32 Å². The third-order valence-corrected chi connectivity index (χ3v) is 3.52. The lowest BCUT2D eigenvalue weighted by molar-refractivity contribution is 0.458. The number of hydrogen-bond donors (Lipinski definition) is 1.